The predicted octanol–water partition coefficient (Wildman–Crippen LogP) is 5.93. The summed E-state index contributed by atoms with van der Waals surface area (Å²) in [5, 5.41) is 7.21. The van der Waals surface area contributed by atoms with Gasteiger partial charge in [-0.3, -0.25) is 4.79 Å². The Morgan fingerprint density at radius 1 is 0.964 bits per heavy atom. The van der Waals surface area contributed by atoms with Gasteiger partial charge in [-0.05, 0) is 60.5 Å². The molecule has 3 aromatic carbocycles. The van der Waals surface area contributed by atoms with Crippen LogP contribution in [-0.2, 0) is 11.3 Å². The number of benzene rings is 3. The molecule has 0 spiro atoms. The van der Waals surface area contributed by atoms with Crippen LogP contribution in [0.1, 0.15) is 11.1 Å². The Labute approximate surface area is 174 Å². The first-order chi connectivity index (χ1) is 13.5. The summed E-state index contributed by atoms with van der Waals surface area (Å²) in [5.41, 5.74) is 3.73. The molecule has 3 rings (SSSR count). The number of carbonyl (C=O) groups excluding carboxylic acids is 1. The van der Waals surface area contributed by atoms with Crippen molar-refractivity contribution in [2.45, 2.75) is 13.5 Å². The van der Waals surface area contributed by atoms with Gasteiger partial charge in [-0.2, -0.15) is 0 Å². The smallest absolute Gasteiger partial charge is 0.262 e. The molecule has 0 saturated carbocycles. The lowest BCUT2D eigenvalue weighted by Gasteiger charge is -2.11. The summed E-state index contributed by atoms with van der Waals surface area (Å²) in [6.45, 7) is 2.44. The van der Waals surface area contributed by atoms with E-state index in [0.29, 0.717) is 22.3 Å². The van der Waals surface area contributed by atoms with Crippen molar-refractivity contribution in [2.24, 2.45) is 0 Å². The number of hydrogen-bond acceptors (Lipinski definition) is 3. The number of anilines is 2. The monoisotopic (exact) mass is 414 g/mol. The molecule has 4 nitrogen and oxygen atoms in total. The molecule has 0 fully saturated rings. The molecule has 28 heavy (non-hydrogen) atoms. The van der Waals surface area contributed by atoms with Crippen LogP contribution in [0.5, 0.6) is 5.75 Å². The first-order valence-electron chi connectivity index (χ1n) is 8.77. The third-order valence-corrected chi connectivity index (χ3v) is 4.51. The van der Waals surface area contributed by atoms with E-state index >= 15 is 0 Å². The fourth-order valence-corrected chi connectivity index (χ4v) is 3.09. The van der Waals surface area contributed by atoms with Crippen molar-refractivity contribution in [3.8, 4) is 5.75 Å². The van der Waals surface area contributed by atoms with Crippen LogP contribution in [0.25, 0.3) is 0 Å². The highest BCUT2D eigenvalue weighted by molar-refractivity contribution is 6.32. The zero-order chi connectivity index (χ0) is 19.9. The average molecular weight is 415 g/mol. The van der Waals surface area contributed by atoms with Crippen LogP contribution in [0.15, 0.2) is 66.7 Å². The van der Waals surface area contributed by atoms with Gasteiger partial charge in [-0.15, -0.1) is 0 Å². The third kappa shape index (κ3) is 5.91. The van der Waals surface area contributed by atoms with Crippen LogP contribution in [0.2, 0.25) is 10.0 Å². The van der Waals surface area contributed by atoms with Crippen molar-refractivity contribution < 1.29 is 9.53 Å². The molecule has 0 atom stereocenters. The number of carbonyl (C=O) groups is 1. The van der Waals surface area contributed by atoms with Crippen LogP contribution in [0.4, 0.5) is 11.4 Å². The largest absolute Gasteiger partial charge is 0.482 e. The van der Waals surface area contributed by atoms with Crippen molar-refractivity contribution in [3.05, 3.63) is 87.9 Å². The molecule has 0 aliphatic carbocycles. The lowest BCUT2D eigenvalue weighted by molar-refractivity contribution is -0.118. The highest BCUT2D eigenvalue weighted by Gasteiger charge is 2.08. The Morgan fingerprint density at radius 2 is 1.75 bits per heavy atom. The lowest BCUT2D eigenvalue weighted by atomic mass is 10.2. The molecule has 1 amide bonds. The quantitative estimate of drug-likeness (QED) is 0.503. The second-order valence-electron chi connectivity index (χ2n) is 6.34. The molecule has 0 aromatic heterocycles. The van der Waals surface area contributed by atoms with Crippen molar-refractivity contribution in [3.63, 3.8) is 0 Å². The highest BCUT2D eigenvalue weighted by atomic mass is 35.5. The Morgan fingerprint density at radius 3 is 2.50 bits per heavy atom. The Kier molecular flexibility index (Phi) is 6.80. The van der Waals surface area contributed by atoms with E-state index in [1.807, 2.05) is 67.6 Å². The second kappa shape index (κ2) is 9.49. The molecular formula is C22H20Cl2N2O2. The van der Waals surface area contributed by atoms with E-state index in [1.54, 1.807) is 6.07 Å². The number of nitrogens with one attached hydrogen (secondary N) is 2. The summed E-state index contributed by atoms with van der Waals surface area (Å²) >= 11 is 12.3. The van der Waals surface area contributed by atoms with Crippen molar-refractivity contribution >= 4 is 40.5 Å². The molecule has 0 aliphatic heterocycles. The van der Waals surface area contributed by atoms with Crippen LogP contribution in [0, 0.1) is 6.92 Å². The number of halogens is 2. The second-order valence-corrected chi connectivity index (χ2v) is 7.18. The van der Waals surface area contributed by atoms with Gasteiger partial charge in [-0.25, -0.2) is 0 Å². The number of ether oxygens (including phenoxy) is 1. The van der Waals surface area contributed by atoms with Gasteiger partial charge in [-0.1, -0.05) is 47.5 Å². The topological polar surface area (TPSA) is 50.4 Å². The van der Waals surface area contributed by atoms with E-state index in [-0.39, 0.29) is 12.5 Å². The van der Waals surface area contributed by atoms with Gasteiger partial charge in [0.1, 0.15) is 5.75 Å². The summed E-state index contributed by atoms with van der Waals surface area (Å²) in [4.78, 5) is 12.1. The van der Waals surface area contributed by atoms with E-state index in [9.17, 15) is 4.79 Å². The molecule has 0 aliphatic rings. The molecule has 144 valence electrons. The minimum Gasteiger partial charge on any atom is -0.482 e. The molecule has 2 N–H and O–H groups in total. The minimum absolute atomic E-state index is 0.117. The first-order valence-corrected chi connectivity index (χ1v) is 9.52. The van der Waals surface area contributed by atoms with Gasteiger partial charge in [0.25, 0.3) is 5.91 Å². The molecular weight excluding hydrogens is 395 g/mol. The Balaban J connectivity index is 1.53. The van der Waals surface area contributed by atoms with Crippen molar-refractivity contribution in [2.75, 3.05) is 17.2 Å². The van der Waals surface area contributed by atoms with Gasteiger partial charge in [0.2, 0.25) is 0 Å². The van der Waals surface area contributed by atoms with Crippen LogP contribution < -0.4 is 15.4 Å². The summed E-state index contributed by atoms with van der Waals surface area (Å²) in [6.07, 6.45) is 0. The molecule has 0 heterocycles. The molecule has 3 aromatic rings. The van der Waals surface area contributed by atoms with Gasteiger partial charge in [0.05, 0.1) is 5.02 Å². The number of aryl methyl sites for hydroxylation is 1. The fraction of sp³-hybridized carbons (Fsp3) is 0.136. The molecule has 6 heteroatoms. The summed E-state index contributed by atoms with van der Waals surface area (Å²) in [6, 6.07) is 20.6. The van der Waals surface area contributed by atoms with Gasteiger partial charge < -0.3 is 15.4 Å². The van der Waals surface area contributed by atoms with Crippen molar-refractivity contribution in [1.82, 2.24) is 0 Å². The average Bonchev–Trinajstić information content (AvgIpc) is 2.66. The first kappa shape index (κ1) is 20.1. The maximum absolute atomic E-state index is 12.1. The normalized spacial score (nSPS) is 10.4. The molecule has 0 unspecified atom stereocenters. The summed E-state index contributed by atoms with van der Waals surface area (Å²) < 4.78 is 5.55. The maximum Gasteiger partial charge on any atom is 0.262 e. The number of rotatable bonds is 7. The Bertz CT molecular complexity index is 976. The predicted molar refractivity (Wildman–Crippen MR) is 116 cm³/mol. The zero-order valence-electron chi connectivity index (χ0n) is 15.3. The summed E-state index contributed by atoms with van der Waals surface area (Å²) in [7, 11) is 0. The van der Waals surface area contributed by atoms with Gasteiger partial charge >= 0.3 is 0 Å². The molecule has 0 radical (unpaired) electrons. The Hall–Kier alpha value is -2.69. The fourth-order valence-electron chi connectivity index (χ4n) is 2.64. The molecule has 0 saturated heterocycles. The van der Waals surface area contributed by atoms with Crippen LogP contribution in [-0.4, -0.2) is 12.5 Å². The van der Waals surface area contributed by atoms with Crippen LogP contribution in [0.3, 0.4) is 0 Å². The van der Waals surface area contributed by atoms with E-state index in [2.05, 4.69) is 10.6 Å². The third-order valence-electron chi connectivity index (χ3n) is 3.98. The SMILES string of the molecule is Cc1cccc(NC(=O)COc2ccc(CNc3cccc(Cl)c3)cc2Cl)c1. The van der Waals surface area contributed by atoms with E-state index in [4.69, 9.17) is 27.9 Å². The zero-order valence-corrected chi connectivity index (χ0v) is 16.8. The van der Waals surface area contributed by atoms with E-state index in [1.165, 1.54) is 0 Å². The lowest BCUT2D eigenvalue weighted by Crippen LogP contribution is -2.20. The van der Waals surface area contributed by atoms with Crippen LogP contribution >= 0.6 is 23.2 Å². The maximum atomic E-state index is 12.1. The van der Waals surface area contributed by atoms with E-state index in [0.717, 1.165) is 22.5 Å². The van der Waals surface area contributed by atoms with E-state index < -0.39 is 0 Å². The highest BCUT2D eigenvalue weighted by Crippen LogP contribution is 2.26. The number of amides is 1. The van der Waals surface area contributed by atoms with Gasteiger partial charge in [0, 0.05) is 22.9 Å². The van der Waals surface area contributed by atoms with Crippen molar-refractivity contribution in [1.29, 1.82) is 0 Å². The van der Waals surface area contributed by atoms with Gasteiger partial charge in [0.15, 0.2) is 6.61 Å². The molecule has 0 bridgehead atoms. The number of hydrogen-bond donors (Lipinski definition) is 2. The minimum atomic E-state index is -0.242. The standard InChI is InChI=1S/C22H20Cl2N2O2/c1-15-4-2-7-19(10-15)26-22(27)14-28-21-9-8-16(11-20(21)24)13-25-18-6-3-5-17(23)12-18/h2-12,25H,13-14H2,1H3,(H,26,27). The summed E-state index contributed by atoms with van der Waals surface area (Å²) in [5.74, 6) is 0.223.